The second-order valence-electron chi connectivity index (χ2n) is 8.68. The van der Waals surface area contributed by atoms with Gasteiger partial charge in [-0.1, -0.05) is 67.0 Å². The first-order chi connectivity index (χ1) is 11.3. The molecule has 1 N–H and O–H groups in total. The predicted octanol–water partition coefficient (Wildman–Crippen LogP) is 6.14. The summed E-state index contributed by atoms with van der Waals surface area (Å²) >= 11 is 0. The fraction of sp³-hybridized carbons (Fsp3) is 0.700. The van der Waals surface area contributed by atoms with E-state index in [0.717, 1.165) is 29.5 Å². The topological polar surface area (TPSA) is 55.8 Å². The number of hydrogen-bond donors (Lipinski definition) is 1. The lowest BCUT2D eigenvalue weighted by Gasteiger charge is -2.28. The molecule has 5 heteroatoms. The third kappa shape index (κ3) is 6.13. The highest BCUT2D eigenvalue weighted by molar-refractivity contribution is 7.53. The Morgan fingerprint density at radius 3 is 1.88 bits per heavy atom. The third-order valence-corrected chi connectivity index (χ3v) is 6.11. The maximum atomic E-state index is 12.9. The summed E-state index contributed by atoms with van der Waals surface area (Å²) in [6.45, 7) is 14.9. The van der Waals surface area contributed by atoms with Gasteiger partial charge in [0.05, 0.1) is 12.8 Å². The molecule has 0 bridgehead atoms. The normalized spacial score (nSPS) is 15.2. The molecule has 25 heavy (non-hydrogen) atoms. The Morgan fingerprint density at radius 1 is 1.04 bits per heavy atom. The van der Waals surface area contributed by atoms with Gasteiger partial charge in [-0.15, -0.1) is 0 Å². The standard InChI is InChI=1S/C20H35O4P/c1-9-10-11-24-25(22,23-8)14-15-12-16(19(2,3)4)18(21)17(13-15)20(5,6)7/h12-13,21H,9-11,14H2,1-8H3. The minimum atomic E-state index is -3.19. The van der Waals surface area contributed by atoms with Crippen LogP contribution in [0.15, 0.2) is 12.1 Å². The zero-order valence-corrected chi connectivity index (χ0v) is 18.0. The Kier molecular flexibility index (Phi) is 7.32. The van der Waals surface area contributed by atoms with Crippen LogP contribution in [0.25, 0.3) is 0 Å². The van der Waals surface area contributed by atoms with Crippen LogP contribution in [0.4, 0.5) is 0 Å². The molecule has 0 radical (unpaired) electrons. The van der Waals surface area contributed by atoms with Gasteiger partial charge in [0, 0.05) is 7.11 Å². The van der Waals surface area contributed by atoms with E-state index in [0.29, 0.717) is 12.4 Å². The maximum Gasteiger partial charge on any atom is 0.334 e. The number of aromatic hydroxyl groups is 1. The lowest BCUT2D eigenvalue weighted by atomic mass is 9.78. The van der Waals surface area contributed by atoms with E-state index in [-0.39, 0.29) is 17.0 Å². The molecular formula is C20H35O4P. The van der Waals surface area contributed by atoms with Crippen molar-refractivity contribution >= 4 is 7.60 Å². The molecule has 0 amide bonds. The molecule has 0 heterocycles. The van der Waals surface area contributed by atoms with Gasteiger partial charge in [-0.3, -0.25) is 4.57 Å². The summed E-state index contributed by atoms with van der Waals surface area (Å²) in [6, 6.07) is 3.86. The quantitative estimate of drug-likeness (QED) is 0.462. The molecular weight excluding hydrogens is 335 g/mol. The summed E-state index contributed by atoms with van der Waals surface area (Å²) in [5.41, 5.74) is 2.13. The van der Waals surface area contributed by atoms with Crippen molar-refractivity contribution in [2.45, 2.75) is 78.3 Å². The molecule has 0 aromatic heterocycles. The third-order valence-electron chi connectivity index (χ3n) is 4.23. The van der Waals surface area contributed by atoms with Crippen molar-refractivity contribution < 1.29 is 18.7 Å². The Balaban J connectivity index is 3.33. The Labute approximate surface area is 153 Å². The van der Waals surface area contributed by atoms with Gasteiger partial charge in [0.25, 0.3) is 0 Å². The van der Waals surface area contributed by atoms with Crippen molar-refractivity contribution in [2.24, 2.45) is 0 Å². The predicted molar refractivity (Wildman–Crippen MR) is 105 cm³/mol. The number of phenols is 1. The average molecular weight is 370 g/mol. The van der Waals surface area contributed by atoms with Crippen LogP contribution in [0, 0.1) is 0 Å². The molecule has 0 saturated heterocycles. The van der Waals surface area contributed by atoms with E-state index in [1.165, 1.54) is 7.11 Å². The monoisotopic (exact) mass is 370 g/mol. The van der Waals surface area contributed by atoms with E-state index < -0.39 is 7.60 Å². The molecule has 1 unspecified atom stereocenters. The summed E-state index contributed by atoms with van der Waals surface area (Å²) in [4.78, 5) is 0. The van der Waals surface area contributed by atoms with Crippen LogP contribution < -0.4 is 0 Å². The second kappa shape index (κ2) is 8.24. The van der Waals surface area contributed by atoms with Gasteiger partial charge in [0.1, 0.15) is 5.75 Å². The van der Waals surface area contributed by atoms with Gasteiger partial charge in [0.2, 0.25) is 0 Å². The lowest BCUT2D eigenvalue weighted by Crippen LogP contribution is -2.18. The zero-order chi connectivity index (χ0) is 19.5. The van der Waals surface area contributed by atoms with Crippen LogP contribution in [0.2, 0.25) is 0 Å². The average Bonchev–Trinajstić information content (AvgIpc) is 2.47. The minimum absolute atomic E-state index is 0.208. The Hall–Kier alpha value is -0.830. The summed E-state index contributed by atoms with van der Waals surface area (Å²) in [5.74, 6) is 0.322. The molecule has 1 aromatic rings. The molecule has 0 aliphatic heterocycles. The second-order valence-corrected chi connectivity index (χ2v) is 10.8. The molecule has 0 aliphatic carbocycles. The molecule has 1 aromatic carbocycles. The minimum Gasteiger partial charge on any atom is -0.507 e. The van der Waals surface area contributed by atoms with Crippen molar-refractivity contribution in [1.29, 1.82) is 0 Å². The van der Waals surface area contributed by atoms with E-state index in [1.54, 1.807) is 0 Å². The molecule has 4 nitrogen and oxygen atoms in total. The fourth-order valence-corrected chi connectivity index (χ4v) is 4.03. The molecule has 1 atom stereocenters. The summed E-state index contributed by atoms with van der Waals surface area (Å²) in [5, 5.41) is 10.8. The van der Waals surface area contributed by atoms with E-state index in [9.17, 15) is 9.67 Å². The van der Waals surface area contributed by atoms with Crippen LogP contribution in [-0.2, 0) is 30.6 Å². The van der Waals surface area contributed by atoms with Crippen LogP contribution in [-0.4, -0.2) is 18.8 Å². The van der Waals surface area contributed by atoms with Gasteiger partial charge in [-0.2, -0.15) is 0 Å². The highest BCUT2D eigenvalue weighted by Crippen LogP contribution is 2.52. The Bertz CT molecular complexity index is 589. The summed E-state index contributed by atoms with van der Waals surface area (Å²) in [6.07, 6.45) is 2.04. The summed E-state index contributed by atoms with van der Waals surface area (Å²) < 4.78 is 23.7. The molecule has 0 aliphatic rings. The first-order valence-corrected chi connectivity index (χ1v) is 10.7. The zero-order valence-electron chi connectivity index (χ0n) is 17.1. The number of benzene rings is 1. The van der Waals surface area contributed by atoms with Gasteiger partial charge < -0.3 is 14.2 Å². The van der Waals surface area contributed by atoms with Crippen molar-refractivity contribution in [3.05, 3.63) is 28.8 Å². The highest BCUT2D eigenvalue weighted by Gasteiger charge is 2.29. The van der Waals surface area contributed by atoms with Crippen LogP contribution in [0.1, 0.15) is 78.0 Å². The van der Waals surface area contributed by atoms with Gasteiger partial charge in [-0.05, 0) is 33.9 Å². The van der Waals surface area contributed by atoms with Gasteiger partial charge >= 0.3 is 7.60 Å². The lowest BCUT2D eigenvalue weighted by molar-refractivity contribution is 0.229. The number of hydrogen-bond acceptors (Lipinski definition) is 4. The van der Waals surface area contributed by atoms with Crippen LogP contribution in [0.3, 0.4) is 0 Å². The number of phenolic OH excluding ortho intramolecular Hbond substituents is 1. The summed E-state index contributed by atoms with van der Waals surface area (Å²) in [7, 11) is -1.76. The van der Waals surface area contributed by atoms with Crippen molar-refractivity contribution in [3.8, 4) is 5.75 Å². The first kappa shape index (κ1) is 22.2. The van der Waals surface area contributed by atoms with E-state index in [4.69, 9.17) is 9.05 Å². The number of unbranched alkanes of at least 4 members (excludes halogenated alkanes) is 1. The van der Waals surface area contributed by atoms with Crippen molar-refractivity contribution in [3.63, 3.8) is 0 Å². The van der Waals surface area contributed by atoms with E-state index in [1.807, 2.05) is 12.1 Å². The smallest absolute Gasteiger partial charge is 0.334 e. The van der Waals surface area contributed by atoms with E-state index >= 15 is 0 Å². The van der Waals surface area contributed by atoms with Crippen LogP contribution in [0.5, 0.6) is 5.75 Å². The van der Waals surface area contributed by atoms with Gasteiger partial charge in [0.15, 0.2) is 0 Å². The van der Waals surface area contributed by atoms with Gasteiger partial charge in [-0.25, -0.2) is 0 Å². The SMILES string of the molecule is CCCCOP(=O)(Cc1cc(C(C)(C)C)c(O)c(C(C)(C)C)c1)OC. The molecule has 144 valence electrons. The fourth-order valence-electron chi connectivity index (χ4n) is 2.66. The first-order valence-electron chi connectivity index (χ1n) is 9.00. The number of rotatable bonds is 7. The largest absolute Gasteiger partial charge is 0.507 e. The Morgan fingerprint density at radius 2 is 1.52 bits per heavy atom. The van der Waals surface area contributed by atoms with Crippen molar-refractivity contribution in [1.82, 2.24) is 0 Å². The maximum absolute atomic E-state index is 12.9. The molecule has 0 saturated carbocycles. The molecule has 1 rings (SSSR count). The van der Waals surface area contributed by atoms with E-state index in [2.05, 4.69) is 48.5 Å². The molecule has 0 fully saturated rings. The van der Waals surface area contributed by atoms with Crippen LogP contribution >= 0.6 is 7.60 Å². The highest BCUT2D eigenvalue weighted by atomic mass is 31.2. The molecule has 0 spiro atoms. The van der Waals surface area contributed by atoms with Crippen molar-refractivity contribution in [2.75, 3.05) is 13.7 Å².